The lowest BCUT2D eigenvalue weighted by molar-refractivity contribution is 0.0927. The summed E-state index contributed by atoms with van der Waals surface area (Å²) >= 11 is 0. The summed E-state index contributed by atoms with van der Waals surface area (Å²) in [5.74, 6) is 0.697. The Morgan fingerprint density at radius 3 is 2.89 bits per heavy atom. The van der Waals surface area contributed by atoms with Gasteiger partial charge < -0.3 is 15.1 Å². The van der Waals surface area contributed by atoms with Gasteiger partial charge in [-0.2, -0.15) is 5.26 Å². The summed E-state index contributed by atoms with van der Waals surface area (Å²) in [4.78, 5) is 15.6. The van der Waals surface area contributed by atoms with E-state index in [-0.39, 0.29) is 11.7 Å². The lowest BCUT2D eigenvalue weighted by Crippen LogP contribution is -2.28. The Morgan fingerprint density at radius 2 is 2.26 bits per heavy atom. The molecule has 2 aromatic rings. The van der Waals surface area contributed by atoms with Gasteiger partial charge >= 0.3 is 0 Å². The highest BCUT2D eigenvalue weighted by Crippen LogP contribution is 2.03. The van der Waals surface area contributed by atoms with Crippen LogP contribution >= 0.6 is 0 Å². The van der Waals surface area contributed by atoms with Gasteiger partial charge in [-0.05, 0) is 24.3 Å². The zero-order valence-electron chi connectivity index (χ0n) is 10.1. The number of carbonyl (C=O) groups is 1. The molecule has 0 saturated carbocycles. The van der Waals surface area contributed by atoms with Crippen LogP contribution in [0.5, 0.6) is 0 Å². The van der Waals surface area contributed by atoms with Crippen LogP contribution in [0.4, 0.5) is 5.82 Å². The number of nitriles is 1. The number of nitrogens with one attached hydrogen (secondary N) is 2. The fourth-order valence-electron chi connectivity index (χ4n) is 1.43. The van der Waals surface area contributed by atoms with Crippen molar-refractivity contribution in [2.45, 2.75) is 0 Å². The zero-order valence-corrected chi connectivity index (χ0v) is 10.1. The second-order valence-corrected chi connectivity index (χ2v) is 3.70. The van der Waals surface area contributed by atoms with Crippen molar-refractivity contribution in [1.29, 1.82) is 5.26 Å². The van der Waals surface area contributed by atoms with Crippen LogP contribution in [-0.2, 0) is 0 Å². The average Bonchev–Trinajstić information content (AvgIpc) is 2.98. The van der Waals surface area contributed by atoms with Crippen molar-refractivity contribution in [3.05, 3.63) is 48.0 Å². The number of rotatable bonds is 5. The Morgan fingerprint density at radius 1 is 1.37 bits per heavy atom. The minimum absolute atomic E-state index is 0.250. The van der Waals surface area contributed by atoms with E-state index in [9.17, 15) is 4.79 Å². The predicted octanol–water partition coefficient (Wildman–Crippen LogP) is 1.39. The number of carbonyl (C=O) groups excluding carboxylic acids is 1. The topological polar surface area (TPSA) is 91.0 Å². The van der Waals surface area contributed by atoms with Gasteiger partial charge in [-0.3, -0.25) is 4.79 Å². The van der Waals surface area contributed by atoms with Gasteiger partial charge in [-0.15, -0.1) is 0 Å². The largest absolute Gasteiger partial charge is 0.459 e. The van der Waals surface area contributed by atoms with Gasteiger partial charge in [0, 0.05) is 19.3 Å². The van der Waals surface area contributed by atoms with Crippen LogP contribution < -0.4 is 10.6 Å². The van der Waals surface area contributed by atoms with E-state index in [0.717, 1.165) is 0 Å². The fourth-order valence-corrected chi connectivity index (χ4v) is 1.43. The molecule has 0 bridgehead atoms. The van der Waals surface area contributed by atoms with Crippen LogP contribution in [0.15, 0.2) is 41.1 Å². The predicted molar refractivity (Wildman–Crippen MR) is 68.5 cm³/mol. The van der Waals surface area contributed by atoms with E-state index in [2.05, 4.69) is 15.6 Å². The van der Waals surface area contributed by atoms with E-state index in [1.807, 2.05) is 6.07 Å². The number of pyridine rings is 1. The number of aromatic nitrogens is 1. The molecular formula is C13H12N4O2. The quantitative estimate of drug-likeness (QED) is 0.789. The van der Waals surface area contributed by atoms with Crippen molar-refractivity contribution < 1.29 is 9.21 Å². The maximum absolute atomic E-state index is 11.5. The summed E-state index contributed by atoms with van der Waals surface area (Å²) in [6.45, 7) is 0.979. The average molecular weight is 256 g/mol. The van der Waals surface area contributed by atoms with Crippen molar-refractivity contribution in [2.24, 2.45) is 0 Å². The van der Waals surface area contributed by atoms with Crippen molar-refractivity contribution in [3.63, 3.8) is 0 Å². The zero-order chi connectivity index (χ0) is 13.5. The number of nitrogens with zero attached hydrogens (tertiary/aromatic N) is 2. The second kappa shape index (κ2) is 6.21. The molecule has 1 amide bonds. The molecule has 6 heteroatoms. The van der Waals surface area contributed by atoms with E-state index in [1.165, 1.54) is 12.5 Å². The van der Waals surface area contributed by atoms with Gasteiger partial charge in [0.2, 0.25) is 0 Å². The Hall–Kier alpha value is -2.81. The molecule has 0 atom stereocenters. The molecule has 0 aliphatic heterocycles. The van der Waals surface area contributed by atoms with Gasteiger partial charge in [-0.25, -0.2) is 4.98 Å². The Balaban J connectivity index is 1.72. The molecule has 0 aliphatic carbocycles. The molecule has 0 saturated heterocycles. The van der Waals surface area contributed by atoms with Crippen molar-refractivity contribution in [2.75, 3.05) is 18.4 Å². The van der Waals surface area contributed by atoms with Crippen LogP contribution in [0.2, 0.25) is 0 Å². The normalized spacial score (nSPS) is 9.63. The second-order valence-electron chi connectivity index (χ2n) is 3.70. The van der Waals surface area contributed by atoms with Crippen molar-refractivity contribution in [1.82, 2.24) is 10.3 Å². The highest BCUT2D eigenvalue weighted by atomic mass is 16.3. The minimum Gasteiger partial charge on any atom is -0.459 e. The molecule has 0 unspecified atom stereocenters. The van der Waals surface area contributed by atoms with Crippen molar-refractivity contribution >= 4 is 11.7 Å². The number of hydrogen-bond donors (Lipinski definition) is 2. The molecule has 2 rings (SSSR count). The lowest BCUT2D eigenvalue weighted by Gasteiger charge is -2.06. The first-order valence-corrected chi connectivity index (χ1v) is 5.71. The van der Waals surface area contributed by atoms with Gasteiger partial charge in [0.1, 0.15) is 11.9 Å². The smallest absolute Gasteiger partial charge is 0.287 e. The first-order valence-electron chi connectivity index (χ1n) is 5.71. The molecule has 0 aliphatic rings. The standard InChI is InChI=1S/C13H12N4O2/c14-8-10-3-4-12(17-9-10)15-5-6-16-13(18)11-2-1-7-19-11/h1-4,7,9H,5-6H2,(H,15,17)(H,16,18). The van der Waals surface area contributed by atoms with Crippen LogP contribution in [0.1, 0.15) is 16.1 Å². The van der Waals surface area contributed by atoms with E-state index >= 15 is 0 Å². The monoisotopic (exact) mass is 256 g/mol. The van der Waals surface area contributed by atoms with E-state index in [4.69, 9.17) is 9.68 Å². The van der Waals surface area contributed by atoms with Crippen LogP contribution in [0.25, 0.3) is 0 Å². The maximum Gasteiger partial charge on any atom is 0.287 e. The highest BCUT2D eigenvalue weighted by Gasteiger charge is 2.06. The third kappa shape index (κ3) is 3.57. The number of hydrogen-bond acceptors (Lipinski definition) is 5. The fraction of sp³-hybridized carbons (Fsp3) is 0.154. The Bertz CT molecular complexity index is 570. The molecule has 6 nitrogen and oxygen atoms in total. The molecule has 0 radical (unpaired) electrons. The number of amides is 1. The first-order chi connectivity index (χ1) is 9.29. The highest BCUT2D eigenvalue weighted by molar-refractivity contribution is 5.91. The Labute approximate surface area is 110 Å². The third-order valence-electron chi connectivity index (χ3n) is 2.35. The maximum atomic E-state index is 11.5. The summed E-state index contributed by atoms with van der Waals surface area (Å²) in [7, 11) is 0. The Kier molecular flexibility index (Phi) is 4.13. The molecule has 2 heterocycles. The van der Waals surface area contributed by atoms with Crippen molar-refractivity contribution in [3.8, 4) is 6.07 Å². The third-order valence-corrected chi connectivity index (χ3v) is 2.35. The van der Waals surface area contributed by atoms with Gasteiger partial charge in [0.05, 0.1) is 11.8 Å². The molecule has 2 N–H and O–H groups in total. The molecule has 19 heavy (non-hydrogen) atoms. The molecule has 0 spiro atoms. The lowest BCUT2D eigenvalue weighted by atomic mass is 10.3. The van der Waals surface area contributed by atoms with Crippen LogP contribution in [0.3, 0.4) is 0 Å². The SMILES string of the molecule is N#Cc1ccc(NCCNC(=O)c2ccco2)nc1. The van der Waals surface area contributed by atoms with Gasteiger partial charge in [-0.1, -0.05) is 0 Å². The summed E-state index contributed by atoms with van der Waals surface area (Å²) in [5.41, 5.74) is 0.511. The minimum atomic E-state index is -0.250. The van der Waals surface area contributed by atoms with Gasteiger partial charge in [0.15, 0.2) is 5.76 Å². The molecule has 0 aromatic carbocycles. The van der Waals surface area contributed by atoms with Crippen LogP contribution in [0, 0.1) is 11.3 Å². The molecule has 0 fully saturated rings. The van der Waals surface area contributed by atoms with E-state index in [1.54, 1.807) is 24.3 Å². The van der Waals surface area contributed by atoms with Crippen LogP contribution in [-0.4, -0.2) is 24.0 Å². The molecule has 96 valence electrons. The van der Waals surface area contributed by atoms with E-state index in [0.29, 0.717) is 24.5 Å². The summed E-state index contributed by atoms with van der Waals surface area (Å²) in [6.07, 6.45) is 2.94. The summed E-state index contributed by atoms with van der Waals surface area (Å²) in [5, 5.41) is 14.4. The van der Waals surface area contributed by atoms with E-state index < -0.39 is 0 Å². The summed E-state index contributed by atoms with van der Waals surface area (Å²) < 4.78 is 4.96. The molecule has 2 aromatic heterocycles. The molecular weight excluding hydrogens is 244 g/mol. The van der Waals surface area contributed by atoms with Gasteiger partial charge in [0.25, 0.3) is 5.91 Å². The number of furan rings is 1. The number of anilines is 1. The summed E-state index contributed by atoms with van der Waals surface area (Å²) in [6, 6.07) is 8.65. The first kappa shape index (κ1) is 12.6.